The highest BCUT2D eigenvalue weighted by atomic mass is 28.3. The molecule has 3 heterocycles. The molecule has 2 N–H and O–H groups in total. The first-order valence-corrected chi connectivity index (χ1v) is 21.5. The van der Waals surface area contributed by atoms with Crippen LogP contribution in [0.15, 0.2) is 42.6 Å². The Balaban J connectivity index is 1.91. The van der Waals surface area contributed by atoms with E-state index in [2.05, 4.69) is 146 Å². The Labute approximate surface area is 278 Å². The van der Waals surface area contributed by atoms with Gasteiger partial charge in [0.2, 0.25) is 0 Å². The topological polar surface area (TPSA) is 62.7 Å². The maximum Gasteiger partial charge on any atom is 0.175 e. The average Bonchev–Trinajstić information content (AvgIpc) is 2.99. The van der Waals surface area contributed by atoms with Gasteiger partial charge in [0.05, 0.1) is 16.8 Å². The maximum atomic E-state index is 5.30. The SMILES string of the molecule is CC(C)[Si](C#Cc1c2ccccc2c(C#C[Si](C(C)C)(C(C)C)C(C)C)c2nc3c(nc12)Nc1cccnc1N3)(C(C)C)C(C)C. The summed E-state index contributed by atoms with van der Waals surface area (Å²) in [5.74, 6) is 9.69. The third kappa shape index (κ3) is 5.52. The number of fused-ring (bicyclic) bond motifs is 4. The summed E-state index contributed by atoms with van der Waals surface area (Å²) < 4.78 is 0. The number of rotatable bonds is 6. The lowest BCUT2D eigenvalue weighted by atomic mass is 9.97. The zero-order chi connectivity index (χ0) is 33.6. The predicted octanol–water partition coefficient (Wildman–Crippen LogP) is 11.1. The van der Waals surface area contributed by atoms with Gasteiger partial charge in [0, 0.05) is 17.0 Å². The highest BCUT2D eigenvalue weighted by Crippen LogP contribution is 2.43. The van der Waals surface area contributed by atoms with Crippen LogP contribution in [0.3, 0.4) is 0 Å². The van der Waals surface area contributed by atoms with Crippen molar-refractivity contribution in [3.8, 4) is 22.9 Å². The number of benzene rings is 2. The first-order chi connectivity index (χ1) is 21.7. The number of pyridine rings is 1. The summed E-state index contributed by atoms with van der Waals surface area (Å²) in [4.78, 5) is 15.1. The Morgan fingerprint density at radius 1 is 0.522 bits per heavy atom. The van der Waals surface area contributed by atoms with E-state index in [1.807, 2.05) is 12.1 Å². The fourth-order valence-electron chi connectivity index (χ4n) is 8.44. The molecule has 5 rings (SSSR count). The summed E-state index contributed by atoms with van der Waals surface area (Å²) in [5, 5.41) is 9.11. The average molecular weight is 646 g/mol. The number of hydrogen-bond donors (Lipinski definition) is 2. The Bertz CT molecular complexity index is 1720. The second-order valence-corrected chi connectivity index (χ2v) is 26.0. The third-order valence-electron chi connectivity index (χ3n) is 10.7. The van der Waals surface area contributed by atoms with Gasteiger partial charge in [0.1, 0.15) is 27.2 Å². The molecular formula is C39H51N5Si2. The number of hydrogen-bond acceptors (Lipinski definition) is 5. The van der Waals surface area contributed by atoms with Crippen LogP contribution in [0.4, 0.5) is 23.1 Å². The molecule has 0 saturated heterocycles. The molecule has 0 atom stereocenters. The van der Waals surface area contributed by atoms with Crippen LogP contribution in [0.5, 0.6) is 0 Å². The smallest absolute Gasteiger partial charge is 0.175 e. The van der Waals surface area contributed by atoms with Gasteiger partial charge in [-0.3, -0.25) is 0 Å². The van der Waals surface area contributed by atoms with Crippen molar-refractivity contribution >= 4 is 61.1 Å². The molecule has 1 aliphatic heterocycles. The molecular weight excluding hydrogens is 595 g/mol. The second kappa shape index (κ2) is 12.9. The van der Waals surface area contributed by atoms with Crippen molar-refractivity contribution in [1.29, 1.82) is 0 Å². The molecule has 0 spiro atoms. The van der Waals surface area contributed by atoms with Crippen molar-refractivity contribution < 1.29 is 0 Å². The number of aromatic nitrogens is 3. The van der Waals surface area contributed by atoms with E-state index in [1.54, 1.807) is 6.20 Å². The van der Waals surface area contributed by atoms with Gasteiger partial charge in [-0.25, -0.2) is 15.0 Å². The van der Waals surface area contributed by atoms with Gasteiger partial charge in [0.25, 0.3) is 0 Å². The molecule has 0 bridgehead atoms. The van der Waals surface area contributed by atoms with Gasteiger partial charge in [0.15, 0.2) is 17.5 Å². The molecule has 0 fully saturated rings. The first kappa shape index (κ1) is 33.7. The van der Waals surface area contributed by atoms with E-state index >= 15 is 0 Å². The lowest BCUT2D eigenvalue weighted by molar-refractivity contribution is 0.838. The molecule has 0 saturated carbocycles. The summed E-state index contributed by atoms with van der Waals surface area (Å²) in [5.41, 5.74) is 15.5. The van der Waals surface area contributed by atoms with E-state index < -0.39 is 16.1 Å². The monoisotopic (exact) mass is 645 g/mol. The van der Waals surface area contributed by atoms with Crippen molar-refractivity contribution in [1.82, 2.24) is 15.0 Å². The zero-order valence-corrected chi connectivity index (χ0v) is 31.8. The van der Waals surface area contributed by atoms with Gasteiger partial charge in [-0.1, -0.05) is 119 Å². The molecule has 4 aromatic rings. The Hall–Kier alpha value is -3.66. The number of nitrogens with one attached hydrogen (secondary N) is 2. The molecule has 0 aliphatic carbocycles. The minimum absolute atomic E-state index is 0.524. The summed E-state index contributed by atoms with van der Waals surface area (Å²) in [7, 11) is -4.04. The standard InChI is InChI=1S/C39H51N5Si2/c1-24(2)45(25(3)4,26(5)6)22-19-32-30-16-13-14-17-31(30)33(20-23-46(27(7)8,28(9)10)29(11)12)36-35(32)42-38-39(43-36)44-37-34(41-38)18-15-21-40-37/h13-18,21,24-29H,1-12H3,(H,41,42)(H,40,43,44). The molecule has 1 aliphatic rings. The third-order valence-corrected chi connectivity index (χ3v) is 23.3. The van der Waals surface area contributed by atoms with Crippen LogP contribution in [0.25, 0.3) is 21.8 Å². The minimum atomic E-state index is -2.02. The molecule has 5 nitrogen and oxygen atoms in total. The quantitative estimate of drug-likeness (QED) is 0.109. The molecule has 2 aromatic carbocycles. The molecule has 240 valence electrons. The fourth-order valence-corrected chi connectivity index (χ4v) is 18.9. The summed E-state index contributed by atoms with van der Waals surface area (Å²) in [6.07, 6.45) is 1.79. The predicted molar refractivity (Wildman–Crippen MR) is 204 cm³/mol. The van der Waals surface area contributed by atoms with E-state index in [-0.39, 0.29) is 0 Å². The number of anilines is 4. The molecule has 0 amide bonds. The van der Waals surface area contributed by atoms with E-state index in [1.165, 1.54) is 0 Å². The molecule has 7 heteroatoms. The minimum Gasteiger partial charge on any atom is -0.334 e. The van der Waals surface area contributed by atoms with E-state index in [4.69, 9.17) is 9.97 Å². The molecule has 46 heavy (non-hydrogen) atoms. The normalized spacial score (nSPS) is 13.1. The number of nitrogens with zero attached hydrogens (tertiary/aromatic N) is 3. The van der Waals surface area contributed by atoms with Crippen LogP contribution < -0.4 is 10.6 Å². The zero-order valence-electron chi connectivity index (χ0n) is 29.8. The van der Waals surface area contributed by atoms with Gasteiger partial charge in [-0.2, -0.15) is 0 Å². The van der Waals surface area contributed by atoms with Crippen molar-refractivity contribution in [2.45, 2.75) is 116 Å². The van der Waals surface area contributed by atoms with Crippen molar-refractivity contribution in [2.75, 3.05) is 10.6 Å². The Morgan fingerprint density at radius 2 is 0.935 bits per heavy atom. The second-order valence-electron chi connectivity index (χ2n) is 14.9. The van der Waals surface area contributed by atoms with Crippen molar-refractivity contribution in [2.24, 2.45) is 0 Å². The van der Waals surface area contributed by atoms with Gasteiger partial charge in [-0.15, -0.1) is 11.1 Å². The summed E-state index contributed by atoms with van der Waals surface area (Å²) in [6, 6.07) is 12.5. The van der Waals surface area contributed by atoms with Crippen LogP contribution in [0.1, 0.15) is 94.2 Å². The van der Waals surface area contributed by atoms with Crippen molar-refractivity contribution in [3.63, 3.8) is 0 Å². The first-order valence-electron chi connectivity index (χ1n) is 17.1. The van der Waals surface area contributed by atoms with Crippen LogP contribution >= 0.6 is 0 Å². The molecule has 0 unspecified atom stereocenters. The maximum absolute atomic E-state index is 5.30. The Morgan fingerprint density at radius 3 is 1.35 bits per heavy atom. The summed E-state index contributed by atoms with van der Waals surface area (Å²) in [6.45, 7) is 28.3. The van der Waals surface area contributed by atoms with Crippen molar-refractivity contribution in [3.05, 3.63) is 53.7 Å². The van der Waals surface area contributed by atoms with Crippen LogP contribution in [0, 0.1) is 22.9 Å². The van der Waals surface area contributed by atoms with Crippen LogP contribution in [0.2, 0.25) is 33.2 Å². The molecule has 0 radical (unpaired) electrons. The summed E-state index contributed by atoms with van der Waals surface area (Å²) >= 11 is 0. The highest BCUT2D eigenvalue weighted by molar-refractivity contribution is 6.91. The van der Waals surface area contributed by atoms with Gasteiger partial charge in [-0.05, 0) is 45.4 Å². The van der Waals surface area contributed by atoms with Gasteiger partial charge >= 0.3 is 0 Å². The molecule has 2 aromatic heterocycles. The van der Waals surface area contributed by atoms with Crippen LogP contribution in [-0.4, -0.2) is 31.1 Å². The van der Waals surface area contributed by atoms with E-state index in [0.29, 0.717) is 44.9 Å². The van der Waals surface area contributed by atoms with E-state index in [0.717, 1.165) is 44.4 Å². The van der Waals surface area contributed by atoms with E-state index in [9.17, 15) is 0 Å². The van der Waals surface area contributed by atoms with Crippen LogP contribution in [-0.2, 0) is 0 Å². The highest BCUT2D eigenvalue weighted by Gasteiger charge is 2.43. The Kier molecular flexibility index (Phi) is 9.42. The van der Waals surface area contributed by atoms with Gasteiger partial charge < -0.3 is 10.6 Å². The lowest BCUT2D eigenvalue weighted by Crippen LogP contribution is -2.43. The largest absolute Gasteiger partial charge is 0.334 e. The fraction of sp³-hybridized carbons (Fsp3) is 0.462. The lowest BCUT2D eigenvalue weighted by Gasteiger charge is -2.38.